The molecule has 2 aliphatic rings. The molecule has 4 unspecified atom stereocenters. The zero-order valence-corrected chi connectivity index (χ0v) is 43.1. The van der Waals surface area contributed by atoms with Crippen LogP contribution in [-0.2, 0) is 91.8 Å². The van der Waals surface area contributed by atoms with Crippen LogP contribution < -0.4 is 0 Å². The lowest BCUT2D eigenvalue weighted by molar-refractivity contribution is -0.336. The molecular formula is C63H66O11S. The van der Waals surface area contributed by atoms with E-state index in [4.69, 9.17) is 47.4 Å². The zero-order chi connectivity index (χ0) is 51.3. The number of benzene rings is 7. The van der Waals surface area contributed by atoms with Crippen LogP contribution in [0, 0.1) is 0 Å². The van der Waals surface area contributed by atoms with Crippen LogP contribution in [0.1, 0.15) is 46.7 Å². The first-order valence-electron chi connectivity index (χ1n) is 25.8. The molecule has 2 fully saturated rings. The van der Waals surface area contributed by atoms with E-state index in [0.717, 1.165) is 38.3 Å². The average Bonchev–Trinajstić information content (AvgIpc) is 3.47. The second-order valence-electron chi connectivity index (χ2n) is 18.5. The van der Waals surface area contributed by atoms with Gasteiger partial charge < -0.3 is 47.4 Å². The maximum Gasteiger partial charge on any atom is 0.305 e. The Morgan fingerprint density at radius 2 is 0.693 bits per heavy atom. The van der Waals surface area contributed by atoms with Crippen molar-refractivity contribution in [3.63, 3.8) is 0 Å². The van der Waals surface area contributed by atoms with Gasteiger partial charge >= 0.3 is 5.97 Å². The van der Waals surface area contributed by atoms with Gasteiger partial charge in [-0.2, -0.15) is 0 Å². The van der Waals surface area contributed by atoms with E-state index in [9.17, 15) is 4.79 Å². The molecule has 0 N–H and O–H groups in total. The van der Waals surface area contributed by atoms with E-state index in [1.165, 1.54) is 0 Å². The lowest BCUT2D eigenvalue weighted by atomic mass is 9.97. The highest BCUT2D eigenvalue weighted by atomic mass is 32.2. The van der Waals surface area contributed by atoms with Crippen LogP contribution >= 0.6 is 11.8 Å². The van der Waals surface area contributed by atoms with Crippen molar-refractivity contribution in [1.29, 1.82) is 0 Å². The maximum atomic E-state index is 12.9. The Labute approximate surface area is 445 Å². The summed E-state index contributed by atoms with van der Waals surface area (Å²) >= 11 is 1.56. The molecule has 0 aromatic heterocycles. The van der Waals surface area contributed by atoms with Crippen LogP contribution in [-0.4, -0.2) is 79.7 Å². The second kappa shape index (κ2) is 28.8. The van der Waals surface area contributed by atoms with Crippen molar-refractivity contribution in [3.8, 4) is 0 Å². The molecule has 0 amide bonds. The maximum absolute atomic E-state index is 12.9. The molecule has 0 bridgehead atoms. The van der Waals surface area contributed by atoms with Crippen molar-refractivity contribution in [2.24, 2.45) is 0 Å². The lowest BCUT2D eigenvalue weighted by Gasteiger charge is -2.48. The van der Waals surface area contributed by atoms with Crippen LogP contribution in [0.2, 0.25) is 0 Å². The predicted octanol–water partition coefficient (Wildman–Crippen LogP) is 11.7. The largest absolute Gasteiger partial charge is 0.463 e. The van der Waals surface area contributed by atoms with Gasteiger partial charge in [-0.1, -0.05) is 219 Å². The van der Waals surface area contributed by atoms with Crippen LogP contribution in [0.5, 0.6) is 0 Å². The van der Waals surface area contributed by atoms with Crippen molar-refractivity contribution in [1.82, 2.24) is 0 Å². The van der Waals surface area contributed by atoms with Crippen molar-refractivity contribution >= 4 is 17.7 Å². The van der Waals surface area contributed by atoms with E-state index < -0.39 is 60.6 Å². The van der Waals surface area contributed by atoms with Gasteiger partial charge in [0.1, 0.15) is 60.9 Å². The van der Waals surface area contributed by atoms with Crippen LogP contribution in [0.15, 0.2) is 217 Å². The number of hydrogen-bond donors (Lipinski definition) is 0. The van der Waals surface area contributed by atoms with Gasteiger partial charge in [-0.25, -0.2) is 0 Å². The van der Waals surface area contributed by atoms with Gasteiger partial charge in [0.25, 0.3) is 0 Å². The standard InChI is InChI=1S/C63H66O11S/c1-2-55(64)65-44-53-56(66-38-46-24-10-3-11-25-46)58(68-40-48-28-14-5-15-29-48)60(70-42-50-32-18-7-19-33-50)62(73-53)72-45-54-57(67-39-47-26-12-4-13-27-47)59(69-41-49-30-16-6-17-31-49)61(71-43-51-34-20-8-21-35-51)63(74-54)75-52-36-22-9-23-37-52/h3-37,53-54,56-63H,2,38-45H2,1H3/t53?,54?,56-,57-,58-,59-,60?,61?,62-,63+/m1/s1. The summed E-state index contributed by atoms with van der Waals surface area (Å²) in [6, 6.07) is 70.2. The fourth-order valence-electron chi connectivity index (χ4n) is 9.09. The highest BCUT2D eigenvalue weighted by Crippen LogP contribution is 2.39. The van der Waals surface area contributed by atoms with Gasteiger partial charge in [-0.3, -0.25) is 4.79 Å². The SMILES string of the molecule is CCC(=O)OCC1O[C@@H](OCC2O[C@@H](Sc3ccccc3)C(OCc3ccccc3)[C@H](OCc3ccccc3)[C@@H]2OCc2ccccc2)C(OCc2ccccc2)[C@H](OCc2ccccc2)[C@@H]1OCc1ccccc1. The molecule has 0 spiro atoms. The van der Waals surface area contributed by atoms with Crippen molar-refractivity contribution < 1.29 is 52.2 Å². The summed E-state index contributed by atoms with van der Waals surface area (Å²) in [4.78, 5) is 13.9. The molecule has 10 atom stereocenters. The van der Waals surface area contributed by atoms with Gasteiger partial charge in [0, 0.05) is 11.3 Å². The third-order valence-corrected chi connectivity index (χ3v) is 14.2. The van der Waals surface area contributed by atoms with Crippen LogP contribution in [0.4, 0.5) is 0 Å². The van der Waals surface area contributed by atoms with E-state index in [1.54, 1.807) is 18.7 Å². The topological polar surface area (TPSA) is 109 Å². The molecule has 390 valence electrons. The Hall–Kier alpha value is -6.00. The smallest absolute Gasteiger partial charge is 0.305 e. The fourth-order valence-corrected chi connectivity index (χ4v) is 10.2. The summed E-state index contributed by atoms with van der Waals surface area (Å²) in [6.45, 7) is 3.19. The van der Waals surface area contributed by atoms with Gasteiger partial charge in [-0.15, -0.1) is 0 Å². The van der Waals surface area contributed by atoms with Crippen molar-refractivity contribution in [2.75, 3.05) is 13.2 Å². The summed E-state index contributed by atoms with van der Waals surface area (Å²) in [5, 5.41) is 0. The molecule has 7 aromatic carbocycles. The monoisotopic (exact) mass is 1030 g/mol. The van der Waals surface area contributed by atoms with Crippen LogP contribution in [0.3, 0.4) is 0 Å². The minimum atomic E-state index is -1.08. The molecule has 75 heavy (non-hydrogen) atoms. The minimum Gasteiger partial charge on any atom is -0.463 e. The van der Waals surface area contributed by atoms with E-state index in [0.29, 0.717) is 13.2 Å². The third-order valence-electron chi connectivity index (χ3n) is 13.0. The molecule has 7 aromatic rings. The number of rotatable bonds is 26. The molecule has 11 nitrogen and oxygen atoms in total. The Morgan fingerprint density at radius 3 is 1.08 bits per heavy atom. The Balaban J connectivity index is 1.08. The molecule has 12 heteroatoms. The Kier molecular flexibility index (Phi) is 20.6. The fraction of sp³-hybridized carbons (Fsp3) is 0.317. The van der Waals surface area contributed by atoms with Crippen LogP contribution in [0.25, 0.3) is 0 Å². The van der Waals surface area contributed by atoms with E-state index >= 15 is 0 Å². The number of hydrogen-bond acceptors (Lipinski definition) is 12. The molecular weight excluding hydrogens is 965 g/mol. The highest BCUT2D eigenvalue weighted by Gasteiger charge is 2.52. The normalized spacial score (nSPS) is 23.6. The van der Waals surface area contributed by atoms with Crippen molar-refractivity contribution in [2.45, 2.75) is 118 Å². The summed E-state index contributed by atoms with van der Waals surface area (Å²) in [5.41, 5.74) is 5.28. The molecule has 2 heterocycles. The van der Waals surface area contributed by atoms with Gasteiger partial charge in [0.05, 0.1) is 46.2 Å². The minimum absolute atomic E-state index is 0.0276. The molecule has 9 rings (SSSR count). The summed E-state index contributed by atoms with van der Waals surface area (Å²) in [6.07, 6.45) is -6.85. The number of carbonyl (C=O) groups excluding carboxylic acids is 1. The lowest BCUT2D eigenvalue weighted by Crippen LogP contribution is -2.63. The molecule has 0 aliphatic carbocycles. The molecule has 2 aliphatic heterocycles. The predicted molar refractivity (Wildman–Crippen MR) is 287 cm³/mol. The number of ether oxygens (including phenoxy) is 10. The Morgan fingerprint density at radius 1 is 0.373 bits per heavy atom. The van der Waals surface area contributed by atoms with Crippen molar-refractivity contribution in [3.05, 3.63) is 246 Å². The molecule has 2 saturated heterocycles. The molecule has 0 radical (unpaired) electrons. The number of esters is 1. The van der Waals surface area contributed by atoms with E-state index in [-0.39, 0.29) is 52.0 Å². The first kappa shape index (κ1) is 53.8. The third kappa shape index (κ3) is 16.0. The Bertz CT molecular complexity index is 2680. The second-order valence-corrected chi connectivity index (χ2v) is 19.6. The van der Waals surface area contributed by atoms with Gasteiger partial charge in [0.15, 0.2) is 6.29 Å². The summed E-state index contributed by atoms with van der Waals surface area (Å²) in [5.74, 6) is -0.372. The molecule has 0 saturated carbocycles. The first-order chi connectivity index (χ1) is 37.1. The van der Waals surface area contributed by atoms with E-state index in [1.807, 2.05) is 200 Å². The zero-order valence-electron chi connectivity index (χ0n) is 42.2. The number of carbonyl (C=O) groups is 1. The highest BCUT2D eigenvalue weighted by molar-refractivity contribution is 7.99. The van der Waals surface area contributed by atoms with E-state index in [2.05, 4.69) is 12.1 Å². The number of thioether (sulfide) groups is 1. The summed E-state index contributed by atoms with van der Waals surface area (Å²) < 4.78 is 69.1. The quantitative estimate of drug-likeness (QED) is 0.0482. The average molecular weight is 1030 g/mol. The summed E-state index contributed by atoms with van der Waals surface area (Å²) in [7, 11) is 0. The van der Waals surface area contributed by atoms with Gasteiger partial charge in [-0.05, 0) is 45.5 Å². The first-order valence-corrected chi connectivity index (χ1v) is 26.7. The van der Waals surface area contributed by atoms with Gasteiger partial charge in [0.2, 0.25) is 0 Å².